The van der Waals surface area contributed by atoms with Crippen LogP contribution in [0.2, 0.25) is 0 Å². The number of aromatic nitrogens is 5. The van der Waals surface area contributed by atoms with E-state index < -0.39 is 0 Å². The van der Waals surface area contributed by atoms with E-state index in [1.165, 1.54) is 12.3 Å². The lowest BCUT2D eigenvalue weighted by Gasteiger charge is -2.07. The lowest BCUT2D eigenvalue weighted by molar-refractivity contribution is -0.111. The average molecular weight is 390 g/mol. The van der Waals surface area contributed by atoms with E-state index in [9.17, 15) is 4.79 Å². The molecule has 4 rings (SSSR count). The minimum absolute atomic E-state index is 0.0130. The number of carbonyl (C=O) groups is 1. The maximum Gasteiger partial charge on any atom is 0.247 e. The predicted octanol–water partition coefficient (Wildman–Crippen LogP) is 2.73. The first kappa shape index (κ1) is 18.4. The highest BCUT2D eigenvalue weighted by Gasteiger charge is 2.12. The first-order valence-electron chi connectivity index (χ1n) is 8.85. The summed E-state index contributed by atoms with van der Waals surface area (Å²) in [6, 6.07) is 6.95. The third-order valence-corrected chi connectivity index (χ3v) is 4.14. The van der Waals surface area contributed by atoms with Crippen molar-refractivity contribution in [3.8, 4) is 22.8 Å². The van der Waals surface area contributed by atoms with Crippen LogP contribution in [0.15, 0.2) is 61.7 Å². The Morgan fingerprint density at radius 3 is 3.10 bits per heavy atom. The summed E-state index contributed by atoms with van der Waals surface area (Å²) in [5.41, 5.74) is 3.52. The van der Waals surface area contributed by atoms with E-state index in [4.69, 9.17) is 9.84 Å². The van der Waals surface area contributed by atoms with Crippen LogP contribution in [0.4, 0.5) is 5.69 Å². The lowest BCUT2D eigenvalue weighted by atomic mass is 10.2. The molecule has 3 heterocycles. The van der Waals surface area contributed by atoms with Gasteiger partial charge in [-0.05, 0) is 18.2 Å². The molecule has 0 radical (unpaired) electrons. The Labute approximate surface area is 165 Å². The topological polar surface area (TPSA) is 118 Å². The molecular formula is C20H18N6O3. The molecule has 0 aliphatic carbocycles. The maximum absolute atomic E-state index is 11.5. The number of rotatable bonds is 7. The number of fused-ring (bicyclic) bond motifs is 1. The summed E-state index contributed by atoms with van der Waals surface area (Å²) in [5, 5.41) is 16.0. The summed E-state index contributed by atoms with van der Waals surface area (Å²) in [6.45, 7) is 3.86. The number of amides is 1. The van der Waals surface area contributed by atoms with Crippen LogP contribution >= 0.6 is 0 Å². The number of carbonyl (C=O) groups excluding carboxylic acids is 1. The van der Waals surface area contributed by atoms with Crippen molar-refractivity contribution in [3.63, 3.8) is 0 Å². The summed E-state index contributed by atoms with van der Waals surface area (Å²) >= 11 is 0. The zero-order chi connectivity index (χ0) is 20.2. The number of aromatic amines is 1. The van der Waals surface area contributed by atoms with Gasteiger partial charge in [0.25, 0.3) is 0 Å². The Hall–Kier alpha value is -3.98. The number of nitrogens with one attached hydrogen (secondary N) is 2. The summed E-state index contributed by atoms with van der Waals surface area (Å²) in [6.07, 6.45) is 8.06. The number of nitrogens with zero attached hydrogens (tertiary/aromatic N) is 4. The van der Waals surface area contributed by atoms with Crippen molar-refractivity contribution < 1.29 is 14.6 Å². The number of aliphatic hydroxyl groups is 1. The zero-order valence-electron chi connectivity index (χ0n) is 15.4. The first-order chi connectivity index (χ1) is 14.2. The van der Waals surface area contributed by atoms with Crippen molar-refractivity contribution in [3.05, 3.63) is 61.7 Å². The van der Waals surface area contributed by atoms with E-state index in [0.29, 0.717) is 35.0 Å². The second-order valence-corrected chi connectivity index (χ2v) is 6.15. The standard InChI is InChI=1S/C20H18N6O3/c1-2-17(28)24-14-4-3-5-15(8-14)29-18-11-22-20-19(25-18)16(10-21-20)13-9-23-26(12-13)6-7-27/h2-5,8-12,27H,1,6-7H2,(H,21,22)(H,24,28). The number of benzene rings is 1. The lowest BCUT2D eigenvalue weighted by Crippen LogP contribution is -2.07. The highest BCUT2D eigenvalue weighted by molar-refractivity contribution is 5.99. The van der Waals surface area contributed by atoms with Crippen LogP contribution in [0.1, 0.15) is 0 Å². The van der Waals surface area contributed by atoms with E-state index in [1.807, 2.05) is 6.20 Å². The van der Waals surface area contributed by atoms with Gasteiger partial charge in [0.15, 0.2) is 5.65 Å². The number of aliphatic hydroxyl groups excluding tert-OH is 1. The van der Waals surface area contributed by atoms with Crippen LogP contribution < -0.4 is 10.1 Å². The van der Waals surface area contributed by atoms with Crippen molar-refractivity contribution in [1.29, 1.82) is 0 Å². The van der Waals surface area contributed by atoms with Crippen LogP contribution in [0.3, 0.4) is 0 Å². The van der Waals surface area contributed by atoms with Gasteiger partial charge < -0.3 is 20.1 Å². The molecule has 1 aromatic carbocycles. The smallest absolute Gasteiger partial charge is 0.247 e. The summed E-state index contributed by atoms with van der Waals surface area (Å²) in [7, 11) is 0. The molecule has 0 unspecified atom stereocenters. The van der Waals surface area contributed by atoms with Crippen molar-refractivity contribution >= 4 is 22.8 Å². The summed E-state index contributed by atoms with van der Waals surface area (Å²) in [4.78, 5) is 23.5. The highest BCUT2D eigenvalue weighted by Crippen LogP contribution is 2.29. The molecule has 0 bridgehead atoms. The van der Waals surface area contributed by atoms with Gasteiger partial charge in [0.2, 0.25) is 11.8 Å². The summed E-state index contributed by atoms with van der Waals surface area (Å²) < 4.78 is 7.49. The maximum atomic E-state index is 11.5. The molecule has 0 spiro atoms. The molecular weight excluding hydrogens is 372 g/mol. The van der Waals surface area contributed by atoms with Crippen LogP contribution in [0, 0.1) is 0 Å². The van der Waals surface area contributed by atoms with Crippen molar-refractivity contribution in [2.24, 2.45) is 0 Å². The van der Waals surface area contributed by atoms with Gasteiger partial charge in [-0.15, -0.1) is 0 Å². The molecule has 0 aliphatic rings. The van der Waals surface area contributed by atoms with Crippen molar-refractivity contribution in [2.75, 3.05) is 11.9 Å². The number of hydrogen-bond acceptors (Lipinski definition) is 6. The molecule has 4 aromatic rings. The van der Waals surface area contributed by atoms with Crippen LogP contribution in [-0.2, 0) is 11.3 Å². The predicted molar refractivity (Wildman–Crippen MR) is 108 cm³/mol. The van der Waals surface area contributed by atoms with E-state index in [-0.39, 0.29) is 12.5 Å². The Balaban J connectivity index is 1.61. The minimum atomic E-state index is -0.304. The number of ether oxygens (including phenoxy) is 1. The van der Waals surface area contributed by atoms with Crippen molar-refractivity contribution in [2.45, 2.75) is 6.54 Å². The fourth-order valence-electron chi connectivity index (χ4n) is 2.82. The van der Waals surface area contributed by atoms with Crippen LogP contribution in [0.5, 0.6) is 11.6 Å². The van der Waals surface area contributed by atoms with Gasteiger partial charge in [-0.2, -0.15) is 5.10 Å². The Kier molecular flexibility index (Phi) is 5.04. The van der Waals surface area contributed by atoms with Gasteiger partial charge in [0.1, 0.15) is 11.3 Å². The molecule has 1 amide bonds. The number of anilines is 1. The minimum Gasteiger partial charge on any atom is -0.437 e. The van der Waals surface area contributed by atoms with E-state index in [1.54, 1.807) is 41.3 Å². The molecule has 29 heavy (non-hydrogen) atoms. The van der Waals surface area contributed by atoms with E-state index in [2.05, 4.69) is 31.9 Å². The quantitative estimate of drug-likeness (QED) is 0.418. The molecule has 9 nitrogen and oxygen atoms in total. The van der Waals surface area contributed by atoms with Gasteiger partial charge in [-0.1, -0.05) is 12.6 Å². The fourth-order valence-corrected chi connectivity index (χ4v) is 2.82. The van der Waals surface area contributed by atoms with Crippen LogP contribution in [-0.4, -0.2) is 42.4 Å². The largest absolute Gasteiger partial charge is 0.437 e. The molecule has 146 valence electrons. The molecule has 3 aromatic heterocycles. The van der Waals surface area contributed by atoms with Crippen molar-refractivity contribution in [1.82, 2.24) is 24.7 Å². The normalized spacial score (nSPS) is 10.8. The molecule has 9 heteroatoms. The Morgan fingerprint density at radius 1 is 1.38 bits per heavy atom. The van der Waals surface area contributed by atoms with Gasteiger partial charge in [0.05, 0.1) is 25.5 Å². The molecule has 3 N–H and O–H groups in total. The highest BCUT2D eigenvalue weighted by atomic mass is 16.5. The Morgan fingerprint density at radius 2 is 2.28 bits per heavy atom. The molecule has 0 aliphatic heterocycles. The third kappa shape index (κ3) is 3.99. The molecule has 0 saturated carbocycles. The second-order valence-electron chi connectivity index (χ2n) is 6.15. The van der Waals surface area contributed by atoms with Crippen LogP contribution in [0.25, 0.3) is 22.3 Å². The second kappa shape index (κ2) is 7.95. The summed E-state index contributed by atoms with van der Waals surface area (Å²) in [5.74, 6) is 0.517. The van der Waals surface area contributed by atoms with Gasteiger partial charge in [-0.3, -0.25) is 9.48 Å². The molecule has 0 saturated heterocycles. The SMILES string of the molecule is C=CC(=O)Nc1cccc(Oc2cnc3[nH]cc(-c4cnn(CCO)c4)c3n2)c1. The molecule has 0 atom stereocenters. The number of H-pyrrole nitrogens is 1. The van der Waals surface area contributed by atoms with E-state index >= 15 is 0 Å². The fraction of sp³-hybridized carbons (Fsp3) is 0.100. The third-order valence-electron chi connectivity index (χ3n) is 4.14. The number of hydrogen-bond donors (Lipinski definition) is 3. The Bertz CT molecular complexity index is 1180. The van der Waals surface area contributed by atoms with E-state index in [0.717, 1.165) is 11.1 Å². The zero-order valence-corrected chi connectivity index (χ0v) is 15.4. The molecule has 0 fully saturated rings. The van der Waals surface area contributed by atoms with Gasteiger partial charge >= 0.3 is 0 Å². The van der Waals surface area contributed by atoms with Gasteiger partial charge in [0, 0.05) is 35.3 Å². The monoisotopic (exact) mass is 390 g/mol. The average Bonchev–Trinajstić information content (AvgIpc) is 3.35. The first-order valence-corrected chi connectivity index (χ1v) is 8.85. The van der Waals surface area contributed by atoms with Gasteiger partial charge in [-0.25, -0.2) is 9.97 Å².